The number of benzene rings is 2. The molecule has 7 nitrogen and oxygen atoms in total. The molecular formula is C18H17BrN2O5S. The highest BCUT2D eigenvalue weighted by atomic mass is 79.9. The lowest BCUT2D eigenvalue weighted by molar-refractivity contribution is 0.348. The first kappa shape index (κ1) is 18.1. The summed E-state index contributed by atoms with van der Waals surface area (Å²) in [6, 6.07) is 6.72. The number of hydrogen-bond acceptors (Lipinski definition) is 6. The van der Waals surface area contributed by atoms with Crippen LogP contribution < -0.4 is 14.2 Å². The smallest absolute Gasteiger partial charge is 0.265 e. The highest BCUT2D eigenvalue weighted by molar-refractivity contribution is 9.10. The Balaban J connectivity index is 1.82. The number of rotatable bonds is 5. The molecule has 0 radical (unpaired) electrons. The van der Waals surface area contributed by atoms with Crippen molar-refractivity contribution in [3.8, 4) is 11.5 Å². The minimum Gasteiger partial charge on any atom is -0.494 e. The van der Waals surface area contributed by atoms with Crippen LogP contribution in [0.2, 0.25) is 0 Å². The van der Waals surface area contributed by atoms with Gasteiger partial charge in [-0.2, -0.15) is 0 Å². The maximum absolute atomic E-state index is 13.1. The first-order chi connectivity index (χ1) is 12.9. The minimum atomic E-state index is -3.90. The van der Waals surface area contributed by atoms with Crippen LogP contribution in [0.4, 0.5) is 5.69 Å². The second-order valence-electron chi connectivity index (χ2n) is 6.13. The van der Waals surface area contributed by atoms with Crippen molar-refractivity contribution in [2.24, 2.45) is 0 Å². The van der Waals surface area contributed by atoms with Gasteiger partial charge in [0.05, 0.1) is 25.1 Å². The van der Waals surface area contributed by atoms with Crippen molar-refractivity contribution >= 4 is 42.6 Å². The van der Waals surface area contributed by atoms with Gasteiger partial charge in [0.25, 0.3) is 10.0 Å². The molecule has 0 bridgehead atoms. The summed E-state index contributed by atoms with van der Waals surface area (Å²) in [5, 5.41) is 4.75. The van der Waals surface area contributed by atoms with Crippen LogP contribution in [0.1, 0.15) is 18.2 Å². The number of nitrogens with one attached hydrogen (secondary N) is 1. The fraction of sp³-hybridized carbons (Fsp3) is 0.278. The van der Waals surface area contributed by atoms with Crippen LogP contribution in [0, 0.1) is 0 Å². The third-order valence-corrected chi connectivity index (χ3v) is 6.28. The van der Waals surface area contributed by atoms with Crippen LogP contribution in [0.25, 0.3) is 11.0 Å². The molecule has 2 aromatic carbocycles. The molecule has 1 aliphatic heterocycles. The van der Waals surface area contributed by atoms with Crippen molar-refractivity contribution in [1.82, 2.24) is 5.16 Å². The van der Waals surface area contributed by atoms with Gasteiger partial charge >= 0.3 is 0 Å². The second kappa shape index (κ2) is 6.72. The predicted octanol–water partition coefficient (Wildman–Crippen LogP) is 3.90. The third-order valence-electron chi connectivity index (χ3n) is 4.45. The fourth-order valence-electron chi connectivity index (χ4n) is 3.15. The summed E-state index contributed by atoms with van der Waals surface area (Å²) in [4.78, 5) is 0.0903. The van der Waals surface area contributed by atoms with E-state index in [1.807, 2.05) is 13.0 Å². The Morgan fingerprint density at radius 3 is 2.85 bits per heavy atom. The SMILES string of the molecule is CCc1noc2cc(OC)c(NS(=O)(=O)c3cc(Br)cc4c3OCC4)cc12. The lowest BCUT2D eigenvalue weighted by Crippen LogP contribution is -2.15. The maximum atomic E-state index is 13.1. The number of ether oxygens (including phenoxy) is 2. The van der Waals surface area contributed by atoms with E-state index in [-0.39, 0.29) is 4.90 Å². The average Bonchev–Trinajstić information content (AvgIpc) is 3.25. The lowest BCUT2D eigenvalue weighted by atomic mass is 10.1. The zero-order valence-electron chi connectivity index (χ0n) is 14.7. The van der Waals surface area contributed by atoms with Crippen molar-refractivity contribution in [3.05, 3.63) is 40.0 Å². The quantitative estimate of drug-likeness (QED) is 0.631. The van der Waals surface area contributed by atoms with E-state index in [1.165, 1.54) is 13.2 Å². The van der Waals surface area contributed by atoms with Crippen molar-refractivity contribution in [3.63, 3.8) is 0 Å². The van der Waals surface area contributed by atoms with E-state index in [9.17, 15) is 8.42 Å². The van der Waals surface area contributed by atoms with Crippen molar-refractivity contribution in [2.45, 2.75) is 24.7 Å². The van der Waals surface area contributed by atoms with Gasteiger partial charge in [-0.1, -0.05) is 28.0 Å². The van der Waals surface area contributed by atoms with Crippen molar-refractivity contribution < 1.29 is 22.4 Å². The lowest BCUT2D eigenvalue weighted by Gasteiger charge is -2.14. The molecule has 1 aliphatic rings. The number of fused-ring (bicyclic) bond motifs is 2. The Morgan fingerprint density at radius 1 is 1.30 bits per heavy atom. The Hall–Kier alpha value is -2.26. The maximum Gasteiger partial charge on any atom is 0.265 e. The summed E-state index contributed by atoms with van der Waals surface area (Å²) < 4.78 is 45.7. The van der Waals surface area contributed by atoms with Crippen molar-refractivity contribution in [2.75, 3.05) is 18.4 Å². The molecule has 3 aromatic rings. The molecule has 0 amide bonds. The van der Waals surface area contributed by atoms with Gasteiger partial charge in [0.2, 0.25) is 0 Å². The van der Waals surface area contributed by atoms with Gasteiger partial charge in [0.1, 0.15) is 16.4 Å². The molecule has 0 saturated heterocycles. The first-order valence-corrected chi connectivity index (χ1v) is 10.6. The van der Waals surface area contributed by atoms with E-state index < -0.39 is 10.0 Å². The number of aromatic nitrogens is 1. The Kier molecular flexibility index (Phi) is 4.51. The summed E-state index contributed by atoms with van der Waals surface area (Å²) in [6.45, 7) is 2.41. The molecule has 0 atom stereocenters. The van der Waals surface area contributed by atoms with Gasteiger partial charge in [-0.3, -0.25) is 4.72 Å². The number of halogens is 1. The number of methoxy groups -OCH3 is 1. The van der Waals surface area contributed by atoms with Gasteiger partial charge in [0, 0.05) is 27.9 Å². The molecular weight excluding hydrogens is 436 g/mol. The van der Waals surface area contributed by atoms with Gasteiger partial charge < -0.3 is 14.0 Å². The Bertz CT molecular complexity index is 1140. The number of hydrogen-bond donors (Lipinski definition) is 1. The standard InChI is InChI=1S/C18H17BrN2O5S/c1-3-13-12-8-14(16(24-2)9-15(12)26-20-13)21-27(22,23)17-7-11(19)6-10-4-5-25-18(10)17/h6-9,21H,3-5H2,1-2H3. The molecule has 2 heterocycles. The van der Waals surface area contributed by atoms with E-state index in [0.29, 0.717) is 46.7 Å². The van der Waals surface area contributed by atoms with Gasteiger partial charge in [0.15, 0.2) is 5.58 Å². The third kappa shape index (κ3) is 3.14. The number of aryl methyl sites for hydroxylation is 1. The summed E-state index contributed by atoms with van der Waals surface area (Å²) in [6.07, 6.45) is 1.34. The Morgan fingerprint density at radius 2 is 2.11 bits per heavy atom. The van der Waals surface area contributed by atoms with E-state index in [4.69, 9.17) is 14.0 Å². The molecule has 142 valence electrons. The molecule has 1 N–H and O–H groups in total. The van der Waals surface area contributed by atoms with Gasteiger partial charge in [-0.15, -0.1) is 0 Å². The fourth-order valence-corrected chi connectivity index (χ4v) is 5.09. The van der Waals surface area contributed by atoms with Crippen LogP contribution in [-0.4, -0.2) is 27.3 Å². The molecule has 0 saturated carbocycles. The normalized spacial score (nSPS) is 13.4. The monoisotopic (exact) mass is 452 g/mol. The highest BCUT2D eigenvalue weighted by Gasteiger charge is 2.27. The van der Waals surface area contributed by atoms with Crippen LogP contribution in [0.3, 0.4) is 0 Å². The van der Waals surface area contributed by atoms with Crippen LogP contribution in [0.5, 0.6) is 11.5 Å². The first-order valence-electron chi connectivity index (χ1n) is 8.37. The predicted molar refractivity (Wildman–Crippen MR) is 104 cm³/mol. The summed E-state index contributed by atoms with van der Waals surface area (Å²) in [5.74, 6) is 0.738. The van der Waals surface area contributed by atoms with Crippen molar-refractivity contribution in [1.29, 1.82) is 0 Å². The molecule has 0 spiro atoms. The van der Waals surface area contributed by atoms with Crippen LogP contribution >= 0.6 is 15.9 Å². The molecule has 0 fully saturated rings. The molecule has 0 aliphatic carbocycles. The van der Waals surface area contributed by atoms with E-state index in [2.05, 4.69) is 25.8 Å². The van der Waals surface area contributed by atoms with Crippen LogP contribution in [-0.2, 0) is 22.9 Å². The zero-order valence-corrected chi connectivity index (χ0v) is 17.1. The topological polar surface area (TPSA) is 90.7 Å². The molecule has 4 rings (SSSR count). The van der Waals surface area contributed by atoms with E-state index in [0.717, 1.165) is 16.6 Å². The summed E-state index contributed by atoms with van der Waals surface area (Å²) in [7, 11) is -2.43. The van der Waals surface area contributed by atoms with Gasteiger partial charge in [-0.25, -0.2) is 8.42 Å². The summed E-state index contributed by atoms with van der Waals surface area (Å²) >= 11 is 3.37. The zero-order chi connectivity index (χ0) is 19.2. The minimum absolute atomic E-state index is 0.0903. The number of nitrogens with zero attached hydrogens (tertiary/aromatic N) is 1. The largest absolute Gasteiger partial charge is 0.494 e. The molecule has 9 heteroatoms. The average molecular weight is 453 g/mol. The van der Waals surface area contributed by atoms with E-state index in [1.54, 1.807) is 12.1 Å². The van der Waals surface area contributed by atoms with Crippen LogP contribution in [0.15, 0.2) is 38.2 Å². The number of anilines is 1. The Labute approximate surface area is 164 Å². The molecule has 1 aromatic heterocycles. The highest BCUT2D eigenvalue weighted by Crippen LogP contribution is 2.38. The molecule has 27 heavy (non-hydrogen) atoms. The van der Waals surface area contributed by atoms with E-state index >= 15 is 0 Å². The number of sulfonamides is 1. The molecule has 0 unspecified atom stereocenters. The second-order valence-corrected chi connectivity index (χ2v) is 8.69. The van der Waals surface area contributed by atoms with Gasteiger partial charge in [-0.05, 0) is 24.6 Å². The summed E-state index contributed by atoms with van der Waals surface area (Å²) in [5.41, 5.74) is 2.47.